The number of carbonyl (C=O) groups excluding carboxylic acids is 2. The number of halogens is 1. The topological polar surface area (TPSA) is 113 Å². The van der Waals surface area contributed by atoms with Crippen molar-refractivity contribution in [2.45, 2.75) is 18.4 Å². The minimum atomic E-state index is -3.95. The van der Waals surface area contributed by atoms with Crippen LogP contribution in [0.2, 0.25) is 0 Å². The minimum Gasteiger partial charge on any atom is -0.496 e. The first-order valence-corrected chi connectivity index (χ1v) is 9.64. The second-order valence-electron chi connectivity index (χ2n) is 5.35. The number of nitrogens with two attached hydrogens (primary N) is 1. The van der Waals surface area contributed by atoms with Crippen LogP contribution in [0, 0.1) is 0 Å². The maximum absolute atomic E-state index is 12.3. The van der Waals surface area contributed by atoms with Gasteiger partial charge in [-0.2, -0.15) is 0 Å². The summed E-state index contributed by atoms with van der Waals surface area (Å²) in [6.45, 7) is 1.27. The largest absolute Gasteiger partial charge is 0.496 e. The third-order valence-corrected chi connectivity index (χ3v) is 5.13. The molecule has 9 heteroatoms. The van der Waals surface area contributed by atoms with Crippen molar-refractivity contribution >= 4 is 37.7 Å². The van der Waals surface area contributed by atoms with Gasteiger partial charge in [0.25, 0.3) is 0 Å². The Balaban J connectivity index is 2.27. The smallest absolute Gasteiger partial charge is 0.339 e. The van der Waals surface area contributed by atoms with Crippen LogP contribution < -0.4 is 9.88 Å². The lowest BCUT2D eigenvalue weighted by atomic mass is 10.1. The van der Waals surface area contributed by atoms with Crippen LogP contribution in [0.1, 0.15) is 33.2 Å². The molecule has 0 aliphatic rings. The summed E-state index contributed by atoms with van der Waals surface area (Å²) in [6.07, 6.45) is 0. The predicted molar refractivity (Wildman–Crippen MR) is 97.6 cm³/mol. The fourth-order valence-electron chi connectivity index (χ4n) is 2.17. The second-order valence-corrected chi connectivity index (χ2v) is 7.76. The zero-order chi connectivity index (χ0) is 19.5. The number of ether oxygens (including phenoxy) is 2. The molecule has 0 aliphatic heterocycles. The van der Waals surface area contributed by atoms with Gasteiger partial charge in [0.2, 0.25) is 10.0 Å². The van der Waals surface area contributed by atoms with E-state index < -0.39 is 16.0 Å². The van der Waals surface area contributed by atoms with Gasteiger partial charge in [-0.05, 0) is 59.3 Å². The number of methoxy groups -OCH3 is 1. The molecule has 0 bridgehead atoms. The normalized spacial score (nSPS) is 11.1. The molecular formula is C17H16BrNO6S. The highest BCUT2D eigenvalue weighted by molar-refractivity contribution is 9.10. The molecule has 0 aliphatic carbocycles. The molecule has 26 heavy (non-hydrogen) atoms. The standard InChI is InChI=1S/C17H16BrNO6S/c1-10(20)11-3-6-16(24-2)12(7-11)9-25-17(21)14-8-13(26(19,22)23)4-5-15(14)18/h3-8H,9H2,1-2H3,(H2,19,22,23). The molecule has 0 radical (unpaired) electrons. The summed E-state index contributed by atoms with van der Waals surface area (Å²) in [4.78, 5) is 23.6. The lowest BCUT2D eigenvalue weighted by Gasteiger charge is -2.11. The molecule has 0 unspecified atom stereocenters. The van der Waals surface area contributed by atoms with Gasteiger partial charge in [-0.15, -0.1) is 0 Å². The first kappa shape index (κ1) is 20.1. The summed E-state index contributed by atoms with van der Waals surface area (Å²) in [7, 11) is -2.50. The number of Topliss-reactive ketones (excluding diaryl/α,β-unsaturated/α-hetero) is 1. The molecular weight excluding hydrogens is 426 g/mol. The summed E-state index contributed by atoms with van der Waals surface area (Å²) < 4.78 is 33.7. The van der Waals surface area contributed by atoms with Crippen LogP contribution in [0.4, 0.5) is 0 Å². The summed E-state index contributed by atoms with van der Waals surface area (Å²) >= 11 is 3.18. The van der Waals surface area contributed by atoms with Crippen LogP contribution in [-0.4, -0.2) is 27.3 Å². The van der Waals surface area contributed by atoms with Crippen LogP contribution in [0.15, 0.2) is 45.8 Å². The zero-order valence-electron chi connectivity index (χ0n) is 14.0. The van der Waals surface area contributed by atoms with Gasteiger partial charge in [-0.25, -0.2) is 18.4 Å². The molecule has 7 nitrogen and oxygen atoms in total. The molecule has 2 aromatic rings. The minimum absolute atomic E-state index is 0.0122. The molecule has 0 atom stereocenters. The Morgan fingerprint density at radius 1 is 1.15 bits per heavy atom. The Kier molecular flexibility index (Phi) is 6.17. The summed E-state index contributed by atoms with van der Waals surface area (Å²) in [6, 6.07) is 8.59. The zero-order valence-corrected chi connectivity index (χ0v) is 16.4. The Hall–Kier alpha value is -2.23. The van der Waals surface area contributed by atoms with E-state index in [4.69, 9.17) is 14.6 Å². The maximum Gasteiger partial charge on any atom is 0.339 e. The average Bonchev–Trinajstić information content (AvgIpc) is 2.58. The predicted octanol–water partition coefficient (Wildman–Crippen LogP) is 2.66. The number of sulfonamides is 1. The quantitative estimate of drug-likeness (QED) is 0.544. The van der Waals surface area contributed by atoms with Crippen LogP contribution in [0.25, 0.3) is 0 Å². The summed E-state index contributed by atoms with van der Waals surface area (Å²) in [5.41, 5.74) is 0.972. The first-order chi connectivity index (χ1) is 12.1. The van der Waals surface area contributed by atoms with Crippen molar-refractivity contribution in [1.29, 1.82) is 0 Å². The van der Waals surface area contributed by atoms with E-state index in [9.17, 15) is 18.0 Å². The van der Waals surface area contributed by atoms with Gasteiger partial charge in [0.15, 0.2) is 5.78 Å². The third kappa shape index (κ3) is 4.69. The number of carbonyl (C=O) groups is 2. The number of ketones is 1. The van der Waals surface area contributed by atoms with Crippen molar-refractivity contribution < 1.29 is 27.5 Å². The maximum atomic E-state index is 12.3. The van der Waals surface area contributed by atoms with E-state index in [2.05, 4.69) is 15.9 Å². The van der Waals surface area contributed by atoms with E-state index in [1.165, 1.54) is 26.2 Å². The highest BCUT2D eigenvalue weighted by atomic mass is 79.9. The average molecular weight is 442 g/mol. The van der Waals surface area contributed by atoms with Crippen LogP contribution >= 0.6 is 15.9 Å². The van der Waals surface area contributed by atoms with Crippen molar-refractivity contribution in [3.05, 3.63) is 57.6 Å². The molecule has 2 N–H and O–H groups in total. The molecule has 138 valence electrons. The lowest BCUT2D eigenvalue weighted by Crippen LogP contribution is -2.14. The Labute approximate surface area is 159 Å². The Bertz CT molecular complexity index is 971. The van der Waals surface area contributed by atoms with Crippen molar-refractivity contribution in [2.75, 3.05) is 7.11 Å². The number of rotatable bonds is 6. The van der Waals surface area contributed by atoms with Gasteiger partial charge in [0.05, 0.1) is 17.6 Å². The molecule has 0 amide bonds. The number of esters is 1. The van der Waals surface area contributed by atoms with Crippen molar-refractivity contribution in [1.82, 2.24) is 0 Å². The monoisotopic (exact) mass is 441 g/mol. The van der Waals surface area contributed by atoms with Gasteiger partial charge in [0, 0.05) is 15.6 Å². The molecule has 2 rings (SSSR count). The molecule has 0 fully saturated rings. The first-order valence-electron chi connectivity index (χ1n) is 7.31. The molecule has 0 heterocycles. The van der Waals surface area contributed by atoms with Gasteiger partial charge in [-0.1, -0.05) is 0 Å². The molecule has 0 saturated heterocycles. The Morgan fingerprint density at radius 2 is 1.85 bits per heavy atom. The molecule has 0 spiro atoms. The fourth-order valence-corrected chi connectivity index (χ4v) is 3.12. The van der Waals surface area contributed by atoms with E-state index in [0.717, 1.165) is 6.07 Å². The molecule has 2 aromatic carbocycles. The van der Waals surface area contributed by atoms with Crippen molar-refractivity contribution in [2.24, 2.45) is 5.14 Å². The summed E-state index contributed by atoms with van der Waals surface area (Å²) in [5, 5.41) is 5.08. The van der Waals surface area contributed by atoms with E-state index in [0.29, 0.717) is 21.3 Å². The van der Waals surface area contributed by atoms with Gasteiger partial charge < -0.3 is 9.47 Å². The number of hydrogen-bond acceptors (Lipinski definition) is 6. The van der Waals surface area contributed by atoms with Crippen LogP contribution in [-0.2, 0) is 21.4 Å². The molecule has 0 saturated carbocycles. The van der Waals surface area contributed by atoms with Crippen molar-refractivity contribution in [3.63, 3.8) is 0 Å². The highest BCUT2D eigenvalue weighted by Gasteiger charge is 2.18. The van der Waals surface area contributed by atoms with E-state index in [1.54, 1.807) is 18.2 Å². The number of hydrogen-bond donors (Lipinski definition) is 1. The van der Waals surface area contributed by atoms with E-state index >= 15 is 0 Å². The fraction of sp³-hybridized carbons (Fsp3) is 0.176. The van der Waals surface area contributed by atoms with E-state index in [1.807, 2.05) is 0 Å². The van der Waals surface area contributed by atoms with Gasteiger partial charge in [-0.3, -0.25) is 4.79 Å². The number of benzene rings is 2. The highest BCUT2D eigenvalue weighted by Crippen LogP contribution is 2.24. The Morgan fingerprint density at radius 3 is 2.42 bits per heavy atom. The van der Waals surface area contributed by atoms with Crippen LogP contribution in [0.3, 0.4) is 0 Å². The SMILES string of the molecule is COc1ccc(C(C)=O)cc1COC(=O)c1cc(S(N)(=O)=O)ccc1Br. The summed E-state index contributed by atoms with van der Waals surface area (Å²) in [5.74, 6) is -0.429. The second kappa shape index (κ2) is 7.98. The van der Waals surface area contributed by atoms with Gasteiger partial charge >= 0.3 is 5.97 Å². The number of primary sulfonamides is 1. The van der Waals surface area contributed by atoms with Crippen molar-refractivity contribution in [3.8, 4) is 5.75 Å². The van der Waals surface area contributed by atoms with E-state index in [-0.39, 0.29) is 22.8 Å². The molecule has 0 aromatic heterocycles. The lowest BCUT2D eigenvalue weighted by molar-refractivity contribution is 0.0468. The third-order valence-electron chi connectivity index (χ3n) is 3.53. The van der Waals surface area contributed by atoms with Gasteiger partial charge in [0.1, 0.15) is 12.4 Å². The van der Waals surface area contributed by atoms with Crippen LogP contribution in [0.5, 0.6) is 5.75 Å².